The number of halogens is 1. The van der Waals surface area contributed by atoms with Gasteiger partial charge in [0.2, 0.25) is 0 Å². The molecule has 1 saturated carbocycles. The lowest BCUT2D eigenvalue weighted by molar-refractivity contribution is -0.132. The van der Waals surface area contributed by atoms with E-state index in [-0.39, 0.29) is 25.1 Å². The van der Waals surface area contributed by atoms with E-state index < -0.39 is 5.54 Å². The van der Waals surface area contributed by atoms with Crippen LogP contribution in [0.15, 0.2) is 24.3 Å². The van der Waals surface area contributed by atoms with Gasteiger partial charge in [0.15, 0.2) is 0 Å². The molecule has 0 atom stereocenters. The van der Waals surface area contributed by atoms with Gasteiger partial charge >= 0.3 is 6.03 Å². The molecule has 0 bridgehead atoms. The highest BCUT2D eigenvalue weighted by Gasteiger charge is 2.50. The van der Waals surface area contributed by atoms with Crippen LogP contribution in [0.25, 0.3) is 0 Å². The smallest absolute Gasteiger partial charge is 0.325 e. The number of benzene rings is 1. The predicted octanol–water partition coefficient (Wildman–Crippen LogP) is 3.36. The van der Waals surface area contributed by atoms with Crippen LogP contribution in [0.1, 0.15) is 38.5 Å². The van der Waals surface area contributed by atoms with Crippen LogP contribution < -0.4 is 10.1 Å². The lowest BCUT2D eigenvalue weighted by atomic mass is 9.90. The first kappa shape index (κ1) is 16.1. The highest BCUT2D eigenvalue weighted by atomic mass is 35.5. The van der Waals surface area contributed by atoms with Gasteiger partial charge in [0.05, 0.1) is 6.54 Å². The van der Waals surface area contributed by atoms with Crippen LogP contribution in [-0.4, -0.2) is 35.5 Å². The van der Waals surface area contributed by atoms with E-state index in [1.165, 1.54) is 4.90 Å². The average molecular weight is 337 g/mol. The Morgan fingerprint density at radius 2 is 1.74 bits per heavy atom. The third-order valence-corrected chi connectivity index (χ3v) is 4.85. The Labute approximate surface area is 140 Å². The van der Waals surface area contributed by atoms with Gasteiger partial charge in [-0.2, -0.15) is 0 Å². The number of hydrogen-bond donors (Lipinski definition) is 1. The fraction of sp³-hybridized carbons (Fsp3) is 0.529. The minimum atomic E-state index is -0.673. The minimum absolute atomic E-state index is 0.0934. The molecule has 1 aromatic carbocycles. The van der Waals surface area contributed by atoms with Gasteiger partial charge in [0.25, 0.3) is 5.91 Å². The first-order valence-corrected chi connectivity index (χ1v) is 8.51. The van der Waals surface area contributed by atoms with Crippen molar-refractivity contribution in [3.63, 3.8) is 0 Å². The van der Waals surface area contributed by atoms with Gasteiger partial charge in [0.1, 0.15) is 17.9 Å². The number of imide groups is 1. The van der Waals surface area contributed by atoms with Gasteiger partial charge in [-0.15, -0.1) is 0 Å². The number of ether oxygens (including phenoxy) is 1. The third-order valence-electron chi connectivity index (χ3n) is 4.60. The summed E-state index contributed by atoms with van der Waals surface area (Å²) >= 11 is 5.82. The summed E-state index contributed by atoms with van der Waals surface area (Å²) in [4.78, 5) is 26.2. The number of nitrogens with zero attached hydrogens (tertiary/aromatic N) is 1. The Hall–Kier alpha value is -1.75. The minimum Gasteiger partial charge on any atom is -0.492 e. The molecule has 1 spiro atoms. The zero-order valence-corrected chi connectivity index (χ0v) is 13.8. The first-order chi connectivity index (χ1) is 11.1. The first-order valence-electron chi connectivity index (χ1n) is 8.13. The number of amides is 3. The summed E-state index contributed by atoms with van der Waals surface area (Å²) in [6.07, 6.45) is 5.72. The van der Waals surface area contributed by atoms with Crippen LogP contribution in [0.5, 0.6) is 5.75 Å². The Balaban J connectivity index is 1.58. The van der Waals surface area contributed by atoms with E-state index in [1.807, 2.05) is 0 Å². The second-order valence-corrected chi connectivity index (χ2v) is 6.62. The third kappa shape index (κ3) is 3.44. The van der Waals surface area contributed by atoms with E-state index in [9.17, 15) is 9.59 Å². The number of rotatable bonds is 4. The lowest BCUT2D eigenvalue weighted by Gasteiger charge is -2.24. The molecule has 1 N–H and O–H groups in total. The van der Waals surface area contributed by atoms with E-state index in [0.29, 0.717) is 10.8 Å². The molecule has 1 saturated heterocycles. The van der Waals surface area contributed by atoms with Crippen molar-refractivity contribution in [3.8, 4) is 5.75 Å². The van der Waals surface area contributed by atoms with Crippen LogP contribution in [0, 0.1) is 0 Å². The van der Waals surface area contributed by atoms with Crippen molar-refractivity contribution in [2.75, 3.05) is 13.2 Å². The monoisotopic (exact) mass is 336 g/mol. The molecule has 124 valence electrons. The summed E-state index contributed by atoms with van der Waals surface area (Å²) in [5, 5.41) is 3.57. The Morgan fingerprint density at radius 3 is 2.39 bits per heavy atom. The number of urea groups is 1. The Bertz CT molecular complexity index is 580. The molecule has 1 heterocycles. The van der Waals surface area contributed by atoms with Gasteiger partial charge in [-0.05, 0) is 37.1 Å². The molecule has 2 aliphatic rings. The number of carbonyl (C=O) groups excluding carboxylic acids is 2. The second kappa shape index (κ2) is 6.79. The summed E-state index contributed by atoms with van der Waals surface area (Å²) < 4.78 is 5.59. The summed E-state index contributed by atoms with van der Waals surface area (Å²) in [5.74, 6) is 0.578. The molecule has 1 aliphatic carbocycles. The quantitative estimate of drug-likeness (QED) is 0.858. The molecule has 5 nitrogen and oxygen atoms in total. The van der Waals surface area contributed by atoms with Crippen LogP contribution >= 0.6 is 11.6 Å². The maximum absolute atomic E-state index is 12.7. The van der Waals surface area contributed by atoms with Crippen molar-refractivity contribution in [1.29, 1.82) is 0 Å². The molecule has 2 fully saturated rings. The highest BCUT2D eigenvalue weighted by molar-refractivity contribution is 6.30. The zero-order valence-electron chi connectivity index (χ0n) is 13.0. The van der Waals surface area contributed by atoms with Gasteiger partial charge in [-0.1, -0.05) is 37.3 Å². The normalized spacial score (nSPS) is 20.5. The van der Waals surface area contributed by atoms with Gasteiger partial charge < -0.3 is 10.1 Å². The van der Waals surface area contributed by atoms with Crippen molar-refractivity contribution < 1.29 is 14.3 Å². The summed E-state index contributed by atoms with van der Waals surface area (Å²) in [5.41, 5.74) is -0.673. The maximum atomic E-state index is 12.7. The van der Waals surface area contributed by atoms with Gasteiger partial charge in [0, 0.05) is 5.02 Å². The summed E-state index contributed by atoms with van der Waals surface area (Å²) in [7, 11) is 0. The Kier molecular flexibility index (Phi) is 4.76. The highest BCUT2D eigenvalue weighted by Crippen LogP contribution is 2.32. The van der Waals surface area contributed by atoms with E-state index in [0.717, 1.165) is 38.5 Å². The molecule has 3 rings (SSSR count). The topological polar surface area (TPSA) is 58.6 Å². The molecule has 23 heavy (non-hydrogen) atoms. The summed E-state index contributed by atoms with van der Waals surface area (Å²) in [6.45, 7) is 0.534. The molecule has 3 amide bonds. The fourth-order valence-corrected chi connectivity index (χ4v) is 3.46. The van der Waals surface area contributed by atoms with Crippen molar-refractivity contribution in [1.82, 2.24) is 10.2 Å². The number of hydrogen-bond acceptors (Lipinski definition) is 3. The SMILES string of the molecule is O=C1NC2(CCCCCC2)C(=O)N1CCOc1ccc(Cl)cc1. The molecule has 1 aromatic rings. The zero-order chi connectivity index (χ0) is 16.3. The average Bonchev–Trinajstić information content (AvgIpc) is 2.72. The van der Waals surface area contributed by atoms with Crippen molar-refractivity contribution in [3.05, 3.63) is 29.3 Å². The molecular formula is C17H21ClN2O3. The van der Waals surface area contributed by atoms with E-state index in [4.69, 9.17) is 16.3 Å². The van der Waals surface area contributed by atoms with E-state index >= 15 is 0 Å². The molecule has 0 radical (unpaired) electrons. The summed E-state index contributed by atoms with van der Waals surface area (Å²) in [6, 6.07) is 6.72. The number of nitrogens with one attached hydrogen (secondary N) is 1. The van der Waals surface area contributed by atoms with Crippen molar-refractivity contribution >= 4 is 23.5 Å². The maximum Gasteiger partial charge on any atom is 0.325 e. The van der Waals surface area contributed by atoms with E-state index in [2.05, 4.69) is 5.32 Å². The fourth-order valence-electron chi connectivity index (χ4n) is 3.34. The second-order valence-electron chi connectivity index (χ2n) is 6.19. The van der Waals surface area contributed by atoms with Crippen molar-refractivity contribution in [2.24, 2.45) is 0 Å². The molecule has 6 heteroatoms. The van der Waals surface area contributed by atoms with Crippen LogP contribution in [-0.2, 0) is 4.79 Å². The standard InChI is InChI=1S/C17H21ClN2O3/c18-13-5-7-14(8-6-13)23-12-11-20-15(21)17(19-16(20)22)9-3-1-2-4-10-17/h5-8H,1-4,9-12H2,(H,19,22). The van der Waals surface area contributed by atoms with Gasteiger partial charge in [-0.25, -0.2) is 4.79 Å². The van der Waals surface area contributed by atoms with Crippen LogP contribution in [0.4, 0.5) is 4.79 Å². The van der Waals surface area contributed by atoms with E-state index in [1.54, 1.807) is 24.3 Å². The van der Waals surface area contributed by atoms with Crippen LogP contribution in [0.3, 0.4) is 0 Å². The van der Waals surface area contributed by atoms with Crippen LogP contribution in [0.2, 0.25) is 5.02 Å². The molecule has 0 aromatic heterocycles. The largest absolute Gasteiger partial charge is 0.492 e. The van der Waals surface area contributed by atoms with Gasteiger partial charge in [-0.3, -0.25) is 9.69 Å². The Morgan fingerprint density at radius 1 is 1.09 bits per heavy atom. The predicted molar refractivity (Wildman–Crippen MR) is 87.6 cm³/mol. The lowest BCUT2D eigenvalue weighted by Crippen LogP contribution is -2.46. The molecule has 0 unspecified atom stereocenters. The molecular weight excluding hydrogens is 316 g/mol. The molecule has 1 aliphatic heterocycles. The van der Waals surface area contributed by atoms with Crippen molar-refractivity contribution in [2.45, 2.75) is 44.1 Å². The number of carbonyl (C=O) groups is 2.